The van der Waals surface area contributed by atoms with Crippen LogP contribution in [0.1, 0.15) is 16.8 Å². The number of hydrogen-bond donors (Lipinski definition) is 2. The maximum Gasteiger partial charge on any atom is 0.322 e. The number of pyridine rings is 1. The van der Waals surface area contributed by atoms with Crippen molar-refractivity contribution >= 4 is 28.7 Å². The number of hydrogen-bond acceptors (Lipinski definition) is 6. The summed E-state index contributed by atoms with van der Waals surface area (Å²) in [6, 6.07) is 15.7. The standard InChI is InChI=1S/C32H36N6O4/c1-36(2)23-10-11-38(20-23)31(39)26-16-21(8-9-28(26)35-32(40)37-12-14-42-15-13-37)22-17-25-27(19-34-30(25)33-18-22)24-6-4-5-7-29(24)41-3/h4-9,16-19,23H,10-15,20H2,1-3H3,(H,33,34)(H,35,40). The van der Waals surface area contributed by atoms with Crippen LogP contribution in [0.2, 0.25) is 0 Å². The second-order valence-corrected chi connectivity index (χ2v) is 11.0. The molecule has 0 radical (unpaired) electrons. The zero-order valence-electron chi connectivity index (χ0n) is 24.2. The van der Waals surface area contributed by atoms with E-state index < -0.39 is 0 Å². The molecule has 2 aromatic heterocycles. The third-order valence-corrected chi connectivity index (χ3v) is 8.23. The van der Waals surface area contributed by atoms with Gasteiger partial charge in [0.25, 0.3) is 5.91 Å². The van der Waals surface area contributed by atoms with Crippen molar-refractivity contribution in [1.82, 2.24) is 24.7 Å². The van der Waals surface area contributed by atoms with Crippen LogP contribution >= 0.6 is 0 Å². The summed E-state index contributed by atoms with van der Waals surface area (Å²) in [5.41, 5.74) is 5.38. The zero-order chi connectivity index (χ0) is 29.2. The second kappa shape index (κ2) is 11.8. The molecule has 2 saturated heterocycles. The number of urea groups is 1. The van der Waals surface area contributed by atoms with Crippen LogP contribution in [0.15, 0.2) is 60.9 Å². The Kier molecular flexibility index (Phi) is 7.82. The summed E-state index contributed by atoms with van der Waals surface area (Å²) >= 11 is 0. The zero-order valence-corrected chi connectivity index (χ0v) is 24.2. The minimum absolute atomic E-state index is 0.0936. The third-order valence-electron chi connectivity index (χ3n) is 8.23. The molecule has 0 bridgehead atoms. The van der Waals surface area contributed by atoms with Crippen molar-refractivity contribution in [2.45, 2.75) is 12.5 Å². The van der Waals surface area contributed by atoms with Crippen LogP contribution in [0, 0.1) is 0 Å². The first-order valence-corrected chi connectivity index (χ1v) is 14.3. The van der Waals surface area contributed by atoms with Gasteiger partial charge in [0, 0.05) is 66.7 Å². The van der Waals surface area contributed by atoms with Crippen molar-refractivity contribution in [2.24, 2.45) is 0 Å². The predicted octanol–water partition coefficient (Wildman–Crippen LogP) is 4.55. The number of carbonyl (C=O) groups is 2. The molecule has 2 N–H and O–H groups in total. The number of morpholine rings is 1. The highest BCUT2D eigenvalue weighted by atomic mass is 16.5. The summed E-state index contributed by atoms with van der Waals surface area (Å²) in [7, 11) is 5.74. The van der Waals surface area contributed by atoms with Crippen LogP contribution in [0.25, 0.3) is 33.3 Å². The van der Waals surface area contributed by atoms with Gasteiger partial charge in [-0.2, -0.15) is 0 Å². The number of carbonyl (C=O) groups excluding carboxylic acids is 2. The van der Waals surface area contributed by atoms with Gasteiger partial charge in [-0.15, -0.1) is 0 Å². The average Bonchev–Trinajstić information content (AvgIpc) is 3.69. The molecule has 218 valence electrons. The van der Waals surface area contributed by atoms with E-state index in [0.717, 1.165) is 45.5 Å². The number of likely N-dealkylation sites (N-methyl/N-ethyl adjacent to an activating group) is 1. The van der Waals surface area contributed by atoms with Crippen LogP contribution in [0.3, 0.4) is 0 Å². The molecule has 0 aliphatic carbocycles. The Morgan fingerprint density at radius 2 is 1.83 bits per heavy atom. The maximum absolute atomic E-state index is 13.9. The van der Waals surface area contributed by atoms with Crippen molar-refractivity contribution in [3.8, 4) is 28.0 Å². The van der Waals surface area contributed by atoms with E-state index in [2.05, 4.69) is 26.3 Å². The van der Waals surface area contributed by atoms with Gasteiger partial charge in [-0.05, 0) is 50.3 Å². The second-order valence-electron chi connectivity index (χ2n) is 11.0. The number of nitrogens with zero attached hydrogens (tertiary/aromatic N) is 4. The number of fused-ring (bicyclic) bond motifs is 1. The highest BCUT2D eigenvalue weighted by molar-refractivity contribution is 6.05. The third kappa shape index (κ3) is 5.43. The van der Waals surface area contributed by atoms with Gasteiger partial charge in [0.05, 0.1) is 31.6 Å². The molecule has 10 heteroatoms. The fourth-order valence-corrected chi connectivity index (χ4v) is 5.74. The highest BCUT2D eigenvalue weighted by Gasteiger charge is 2.30. The average molecular weight is 569 g/mol. The molecular weight excluding hydrogens is 532 g/mol. The summed E-state index contributed by atoms with van der Waals surface area (Å²) in [6.07, 6.45) is 4.65. The van der Waals surface area contributed by atoms with Gasteiger partial charge in [-0.1, -0.05) is 24.3 Å². The molecule has 3 amide bonds. The van der Waals surface area contributed by atoms with E-state index >= 15 is 0 Å². The number of likely N-dealkylation sites (tertiary alicyclic amines) is 1. The predicted molar refractivity (Wildman–Crippen MR) is 163 cm³/mol. The SMILES string of the molecule is COc1ccccc1-c1c[nH]c2ncc(-c3ccc(NC(=O)N4CCOCC4)c(C(=O)N4CCC(N(C)C)C4)c3)cc12. The van der Waals surface area contributed by atoms with Crippen molar-refractivity contribution in [1.29, 1.82) is 0 Å². The molecule has 1 unspecified atom stereocenters. The van der Waals surface area contributed by atoms with Crippen LogP contribution in [-0.4, -0.2) is 103 Å². The number of ether oxygens (including phenoxy) is 2. The minimum Gasteiger partial charge on any atom is -0.496 e. The van der Waals surface area contributed by atoms with E-state index in [1.807, 2.05) is 67.7 Å². The fourth-order valence-electron chi connectivity index (χ4n) is 5.74. The van der Waals surface area contributed by atoms with Gasteiger partial charge in [0.15, 0.2) is 0 Å². The minimum atomic E-state index is -0.232. The lowest BCUT2D eigenvalue weighted by molar-refractivity contribution is 0.0564. The van der Waals surface area contributed by atoms with E-state index in [9.17, 15) is 9.59 Å². The lowest BCUT2D eigenvalue weighted by Gasteiger charge is -2.27. The van der Waals surface area contributed by atoms with Crippen molar-refractivity contribution in [2.75, 3.05) is 65.9 Å². The molecule has 2 fully saturated rings. The lowest BCUT2D eigenvalue weighted by Crippen LogP contribution is -2.43. The number of benzene rings is 2. The number of para-hydroxylation sites is 1. The largest absolute Gasteiger partial charge is 0.496 e. The Morgan fingerprint density at radius 3 is 2.60 bits per heavy atom. The van der Waals surface area contributed by atoms with Crippen molar-refractivity contribution < 1.29 is 19.1 Å². The summed E-state index contributed by atoms with van der Waals surface area (Å²) in [4.78, 5) is 40.8. The van der Waals surface area contributed by atoms with Gasteiger partial charge in [0.2, 0.25) is 0 Å². The van der Waals surface area contributed by atoms with E-state index in [-0.39, 0.29) is 11.9 Å². The first-order valence-electron chi connectivity index (χ1n) is 14.3. The Morgan fingerprint density at radius 1 is 1.02 bits per heavy atom. The van der Waals surface area contributed by atoms with Crippen LogP contribution < -0.4 is 10.1 Å². The smallest absolute Gasteiger partial charge is 0.322 e. The Labute approximate surface area is 245 Å². The Bertz CT molecular complexity index is 1610. The quantitative estimate of drug-likeness (QED) is 0.354. The highest BCUT2D eigenvalue weighted by Crippen LogP contribution is 2.36. The fraction of sp³-hybridized carbons (Fsp3) is 0.344. The Hall–Kier alpha value is -4.41. The van der Waals surface area contributed by atoms with Gasteiger partial charge in [0.1, 0.15) is 11.4 Å². The first kappa shape index (κ1) is 27.7. The van der Waals surface area contributed by atoms with Crippen molar-refractivity contribution in [3.63, 3.8) is 0 Å². The van der Waals surface area contributed by atoms with Crippen LogP contribution in [-0.2, 0) is 4.74 Å². The maximum atomic E-state index is 13.9. The molecule has 2 aliphatic heterocycles. The van der Waals surface area contributed by atoms with Gasteiger partial charge in [-0.3, -0.25) is 4.79 Å². The summed E-state index contributed by atoms with van der Waals surface area (Å²) < 4.78 is 11.0. The number of rotatable bonds is 6. The molecule has 2 aromatic carbocycles. The van der Waals surface area contributed by atoms with Crippen LogP contribution in [0.4, 0.5) is 10.5 Å². The van der Waals surface area contributed by atoms with Crippen molar-refractivity contribution in [3.05, 3.63) is 66.5 Å². The lowest BCUT2D eigenvalue weighted by atomic mass is 9.99. The van der Waals surface area contributed by atoms with Crippen LogP contribution in [0.5, 0.6) is 5.75 Å². The number of nitrogens with one attached hydrogen (secondary N) is 2. The molecule has 0 spiro atoms. The molecule has 1 atom stereocenters. The number of methoxy groups -OCH3 is 1. The van der Waals surface area contributed by atoms with Gasteiger partial charge >= 0.3 is 6.03 Å². The number of anilines is 1. The summed E-state index contributed by atoms with van der Waals surface area (Å²) in [6.45, 7) is 3.35. The molecule has 10 nitrogen and oxygen atoms in total. The molecule has 4 aromatic rings. The number of H-pyrrole nitrogens is 1. The molecule has 6 rings (SSSR count). The van der Waals surface area contributed by atoms with Gasteiger partial charge < -0.3 is 34.5 Å². The monoisotopic (exact) mass is 568 g/mol. The number of aromatic amines is 1. The van der Waals surface area contributed by atoms with Gasteiger partial charge in [-0.25, -0.2) is 9.78 Å². The molecular formula is C32H36N6O4. The first-order chi connectivity index (χ1) is 20.4. The van der Waals surface area contributed by atoms with E-state index in [1.54, 1.807) is 18.2 Å². The topological polar surface area (TPSA) is 103 Å². The normalized spacial score (nSPS) is 17.2. The number of amides is 3. The summed E-state index contributed by atoms with van der Waals surface area (Å²) in [5.74, 6) is 0.683. The summed E-state index contributed by atoms with van der Waals surface area (Å²) in [5, 5.41) is 3.95. The molecule has 42 heavy (non-hydrogen) atoms. The molecule has 4 heterocycles. The Balaban J connectivity index is 1.37. The molecule has 2 aliphatic rings. The van der Waals surface area contributed by atoms with E-state index in [1.165, 1.54) is 0 Å². The van der Waals surface area contributed by atoms with E-state index in [0.29, 0.717) is 56.7 Å². The molecule has 0 saturated carbocycles. The van der Waals surface area contributed by atoms with E-state index in [4.69, 9.17) is 9.47 Å². The number of aromatic nitrogens is 2.